The van der Waals surface area contributed by atoms with Gasteiger partial charge in [0.2, 0.25) is 0 Å². The number of aliphatic hydroxyl groups excluding tert-OH is 1. The molecular weight excluding hydrogens is 280 g/mol. The molecule has 0 saturated carbocycles. The number of benzene rings is 1. The van der Waals surface area contributed by atoms with Gasteiger partial charge < -0.3 is 20.1 Å². The lowest BCUT2D eigenvalue weighted by molar-refractivity contribution is -0.132. The Hall–Kier alpha value is -1.59. The Bertz CT molecular complexity index is 579. The molecule has 5 heteroatoms. The number of nitrogens with zero attached hydrogens (tertiary/aromatic N) is 1. The summed E-state index contributed by atoms with van der Waals surface area (Å²) in [6.07, 6.45) is 1.59. The molecular formula is C17H24N2O3. The molecule has 2 N–H and O–H groups in total. The molecule has 3 rings (SSSR count). The highest BCUT2D eigenvalue weighted by molar-refractivity contribution is 6.01. The van der Waals surface area contributed by atoms with Crippen molar-refractivity contribution in [3.05, 3.63) is 23.8 Å². The first kappa shape index (κ1) is 15.3. The maximum Gasteiger partial charge on any atom is 0.270 e. The maximum absolute atomic E-state index is 12.3. The molecule has 0 bridgehead atoms. The van der Waals surface area contributed by atoms with Gasteiger partial charge in [-0.1, -0.05) is 6.07 Å². The average Bonchev–Trinajstić information content (AvgIpc) is 2.52. The number of fused-ring (bicyclic) bond motifs is 1. The Labute approximate surface area is 131 Å². The molecule has 1 amide bonds. The molecule has 5 nitrogen and oxygen atoms in total. The van der Waals surface area contributed by atoms with Gasteiger partial charge >= 0.3 is 0 Å². The Kier molecular flexibility index (Phi) is 3.87. The van der Waals surface area contributed by atoms with Crippen molar-refractivity contribution < 1.29 is 14.6 Å². The second-order valence-electron chi connectivity index (χ2n) is 6.75. The smallest absolute Gasteiger partial charge is 0.270 e. The summed E-state index contributed by atoms with van der Waals surface area (Å²) in [6.45, 7) is 5.39. The number of ether oxygens (including phenoxy) is 1. The molecule has 22 heavy (non-hydrogen) atoms. The van der Waals surface area contributed by atoms with Crippen LogP contribution in [0.25, 0.3) is 0 Å². The van der Waals surface area contributed by atoms with Crippen LogP contribution in [0.1, 0.15) is 38.4 Å². The van der Waals surface area contributed by atoms with Crippen LogP contribution in [0.15, 0.2) is 18.2 Å². The van der Waals surface area contributed by atoms with E-state index >= 15 is 0 Å². The fourth-order valence-corrected chi connectivity index (χ4v) is 3.32. The van der Waals surface area contributed by atoms with E-state index in [2.05, 4.69) is 5.32 Å². The molecule has 1 fully saturated rings. The third kappa shape index (κ3) is 2.59. The number of anilines is 1. The maximum atomic E-state index is 12.3. The van der Waals surface area contributed by atoms with Crippen LogP contribution in [-0.2, 0) is 4.79 Å². The van der Waals surface area contributed by atoms with E-state index < -0.39 is 11.7 Å². The predicted molar refractivity (Wildman–Crippen MR) is 85.1 cm³/mol. The zero-order valence-corrected chi connectivity index (χ0v) is 13.4. The SMILES string of the molecule is CN1C(=O)C(C)(C)Oc2ccc(C(O)C3CCCNC3)cc21. The van der Waals surface area contributed by atoms with Crippen molar-refractivity contribution in [3.8, 4) is 5.75 Å². The Balaban J connectivity index is 1.89. The van der Waals surface area contributed by atoms with Crippen molar-refractivity contribution in [1.29, 1.82) is 0 Å². The van der Waals surface area contributed by atoms with Gasteiger partial charge in [-0.25, -0.2) is 0 Å². The minimum atomic E-state index is -0.852. The number of aliphatic hydroxyl groups is 1. The lowest BCUT2D eigenvalue weighted by Gasteiger charge is -2.37. The second kappa shape index (κ2) is 5.56. The van der Waals surface area contributed by atoms with Crippen LogP contribution in [0.3, 0.4) is 0 Å². The van der Waals surface area contributed by atoms with Gasteiger partial charge in [0.1, 0.15) is 5.75 Å². The molecule has 1 aromatic carbocycles. The lowest BCUT2D eigenvalue weighted by atomic mass is 9.89. The summed E-state index contributed by atoms with van der Waals surface area (Å²) in [5.41, 5.74) is 0.717. The van der Waals surface area contributed by atoms with Crippen molar-refractivity contribution in [3.63, 3.8) is 0 Å². The van der Waals surface area contributed by atoms with Gasteiger partial charge in [0.15, 0.2) is 5.60 Å². The van der Waals surface area contributed by atoms with E-state index in [1.807, 2.05) is 18.2 Å². The lowest BCUT2D eigenvalue weighted by Crippen LogP contribution is -2.50. The molecule has 0 spiro atoms. The van der Waals surface area contributed by atoms with Crippen LogP contribution < -0.4 is 15.0 Å². The van der Waals surface area contributed by atoms with E-state index in [-0.39, 0.29) is 11.8 Å². The van der Waals surface area contributed by atoms with E-state index in [1.54, 1.807) is 25.8 Å². The summed E-state index contributed by atoms with van der Waals surface area (Å²) < 4.78 is 5.80. The molecule has 0 aromatic heterocycles. The van der Waals surface area contributed by atoms with Gasteiger partial charge in [-0.05, 0) is 50.9 Å². The fourth-order valence-electron chi connectivity index (χ4n) is 3.32. The van der Waals surface area contributed by atoms with Crippen LogP contribution in [0.2, 0.25) is 0 Å². The third-order valence-electron chi connectivity index (χ3n) is 4.65. The van der Waals surface area contributed by atoms with Crippen LogP contribution >= 0.6 is 0 Å². The second-order valence-corrected chi connectivity index (χ2v) is 6.75. The Morgan fingerprint density at radius 2 is 2.23 bits per heavy atom. The van der Waals surface area contributed by atoms with Crippen molar-refractivity contribution in [2.45, 2.75) is 38.4 Å². The topological polar surface area (TPSA) is 61.8 Å². The van der Waals surface area contributed by atoms with Gasteiger partial charge in [-0.15, -0.1) is 0 Å². The van der Waals surface area contributed by atoms with Gasteiger partial charge in [0, 0.05) is 19.5 Å². The van der Waals surface area contributed by atoms with E-state index in [1.165, 1.54) is 0 Å². The van der Waals surface area contributed by atoms with E-state index in [4.69, 9.17) is 4.74 Å². The minimum Gasteiger partial charge on any atom is -0.476 e. The summed E-state index contributed by atoms with van der Waals surface area (Å²) in [4.78, 5) is 13.9. The summed E-state index contributed by atoms with van der Waals surface area (Å²) in [7, 11) is 1.75. The monoisotopic (exact) mass is 304 g/mol. The van der Waals surface area contributed by atoms with Gasteiger partial charge in [-0.2, -0.15) is 0 Å². The molecule has 2 atom stereocenters. The number of carbonyl (C=O) groups excluding carboxylic acids is 1. The van der Waals surface area contributed by atoms with Gasteiger partial charge in [-0.3, -0.25) is 4.79 Å². The highest BCUT2D eigenvalue weighted by Gasteiger charge is 2.39. The van der Waals surface area contributed by atoms with Gasteiger partial charge in [0.05, 0.1) is 11.8 Å². The zero-order chi connectivity index (χ0) is 15.9. The number of hydrogen-bond acceptors (Lipinski definition) is 4. The standard InChI is InChI=1S/C17H24N2O3/c1-17(2)16(21)19(3)13-9-11(6-7-14(13)22-17)15(20)12-5-4-8-18-10-12/h6-7,9,12,15,18,20H,4-5,8,10H2,1-3H3. The van der Waals surface area contributed by atoms with Crippen LogP contribution in [-0.4, -0.2) is 36.8 Å². The first-order valence-corrected chi connectivity index (χ1v) is 7.90. The predicted octanol–water partition coefficient (Wildman–Crippen LogP) is 1.85. The number of piperidine rings is 1. The number of nitrogens with one attached hydrogen (secondary N) is 1. The van der Waals surface area contributed by atoms with Crippen LogP contribution in [0, 0.1) is 5.92 Å². The number of hydrogen-bond donors (Lipinski definition) is 2. The van der Waals surface area contributed by atoms with Crippen molar-refractivity contribution in [2.24, 2.45) is 5.92 Å². The molecule has 1 aromatic rings. The first-order chi connectivity index (χ1) is 10.4. The largest absolute Gasteiger partial charge is 0.476 e. The first-order valence-electron chi connectivity index (χ1n) is 7.90. The normalized spacial score (nSPS) is 25.4. The van der Waals surface area contributed by atoms with Crippen molar-refractivity contribution in [2.75, 3.05) is 25.0 Å². The number of amides is 1. The number of carbonyl (C=O) groups is 1. The van der Waals surface area contributed by atoms with Crippen LogP contribution in [0.5, 0.6) is 5.75 Å². The number of rotatable bonds is 2. The fraction of sp³-hybridized carbons (Fsp3) is 0.588. The van der Waals surface area contributed by atoms with E-state index in [0.29, 0.717) is 5.75 Å². The molecule has 2 aliphatic heterocycles. The highest BCUT2D eigenvalue weighted by atomic mass is 16.5. The van der Waals surface area contributed by atoms with Crippen molar-refractivity contribution >= 4 is 11.6 Å². The summed E-state index contributed by atoms with van der Waals surface area (Å²) in [6, 6.07) is 5.63. The molecule has 2 unspecified atom stereocenters. The summed E-state index contributed by atoms with van der Waals surface area (Å²) in [5, 5.41) is 13.9. The third-order valence-corrected chi connectivity index (χ3v) is 4.65. The molecule has 2 heterocycles. The quantitative estimate of drug-likeness (QED) is 0.875. The Morgan fingerprint density at radius 1 is 1.45 bits per heavy atom. The molecule has 1 saturated heterocycles. The molecule has 0 radical (unpaired) electrons. The Morgan fingerprint density at radius 3 is 2.91 bits per heavy atom. The minimum absolute atomic E-state index is 0.0778. The zero-order valence-electron chi connectivity index (χ0n) is 13.4. The summed E-state index contributed by atoms with van der Waals surface area (Å²) >= 11 is 0. The molecule has 2 aliphatic rings. The number of likely N-dealkylation sites (N-methyl/N-ethyl adjacent to an activating group) is 1. The molecule has 0 aliphatic carbocycles. The highest BCUT2D eigenvalue weighted by Crippen LogP contribution is 2.39. The van der Waals surface area contributed by atoms with Crippen LogP contribution in [0.4, 0.5) is 5.69 Å². The van der Waals surface area contributed by atoms with Crippen molar-refractivity contribution in [1.82, 2.24) is 5.32 Å². The van der Waals surface area contributed by atoms with E-state index in [9.17, 15) is 9.90 Å². The molecule has 120 valence electrons. The van der Waals surface area contributed by atoms with E-state index in [0.717, 1.165) is 37.2 Å². The average molecular weight is 304 g/mol. The van der Waals surface area contributed by atoms with Gasteiger partial charge in [0.25, 0.3) is 5.91 Å². The summed E-state index contributed by atoms with van der Waals surface area (Å²) in [5.74, 6) is 0.824.